The maximum atomic E-state index is 13.6. The first-order chi connectivity index (χ1) is 15.3. The molecule has 2 aliphatic carbocycles. The van der Waals surface area contributed by atoms with Crippen LogP contribution in [0.3, 0.4) is 0 Å². The fraction of sp³-hybridized carbons (Fsp3) is 0.682. The summed E-state index contributed by atoms with van der Waals surface area (Å²) in [4.78, 5) is 12.9. The summed E-state index contributed by atoms with van der Waals surface area (Å²) in [5, 5.41) is 0. The first kappa shape index (κ1) is 25.9. The first-order valence-corrected chi connectivity index (χ1v) is 14.2. The van der Waals surface area contributed by atoms with E-state index in [0.717, 1.165) is 12.7 Å². The number of carbonyl (C=O) groups is 1. The van der Waals surface area contributed by atoms with Crippen molar-refractivity contribution < 1.29 is 35.3 Å². The van der Waals surface area contributed by atoms with Crippen LogP contribution in [-0.4, -0.2) is 66.3 Å². The molecular formula is C22H33NO8S2. The van der Waals surface area contributed by atoms with Crippen LogP contribution in [-0.2, 0) is 36.2 Å². The van der Waals surface area contributed by atoms with E-state index in [-0.39, 0.29) is 54.1 Å². The molecule has 0 heterocycles. The molecule has 0 spiro atoms. The number of carbonyl (C=O) groups excluding carboxylic acids is 1. The maximum absolute atomic E-state index is 13.6. The Labute approximate surface area is 196 Å². The third-order valence-electron chi connectivity index (χ3n) is 7.33. The van der Waals surface area contributed by atoms with Crippen LogP contribution in [0.4, 0.5) is 0 Å². The van der Waals surface area contributed by atoms with Gasteiger partial charge >= 0.3 is 10.1 Å². The zero-order valence-corrected chi connectivity index (χ0v) is 21.4. The van der Waals surface area contributed by atoms with E-state index in [4.69, 9.17) is 13.7 Å². The van der Waals surface area contributed by atoms with Crippen molar-refractivity contribution in [2.24, 2.45) is 16.7 Å². The number of sulfonamides is 1. The Kier molecular flexibility index (Phi) is 7.20. The Morgan fingerprint density at radius 2 is 1.82 bits per heavy atom. The van der Waals surface area contributed by atoms with Crippen LogP contribution < -0.4 is 8.92 Å². The maximum Gasteiger partial charge on any atom is 0.306 e. The van der Waals surface area contributed by atoms with Crippen LogP contribution in [0.15, 0.2) is 18.2 Å². The minimum absolute atomic E-state index is 0.0223. The van der Waals surface area contributed by atoms with Gasteiger partial charge in [0, 0.05) is 32.0 Å². The summed E-state index contributed by atoms with van der Waals surface area (Å²) in [6.45, 7) is 4.26. The molecule has 0 aliphatic heterocycles. The van der Waals surface area contributed by atoms with E-state index in [9.17, 15) is 21.6 Å². The minimum Gasteiger partial charge on any atom is -0.493 e. The highest BCUT2D eigenvalue weighted by Gasteiger charge is 2.65. The van der Waals surface area contributed by atoms with Gasteiger partial charge in [0.2, 0.25) is 10.0 Å². The zero-order chi connectivity index (χ0) is 24.7. The van der Waals surface area contributed by atoms with Gasteiger partial charge in [-0.1, -0.05) is 19.9 Å². The number of fused-ring (bicyclic) bond motifs is 2. The highest BCUT2D eigenvalue weighted by Crippen LogP contribution is 2.64. The quantitative estimate of drug-likeness (QED) is 0.422. The molecule has 1 aromatic rings. The number of ether oxygens (including phenoxy) is 2. The van der Waals surface area contributed by atoms with E-state index < -0.39 is 25.6 Å². The Morgan fingerprint density at radius 1 is 1.12 bits per heavy atom. The monoisotopic (exact) mass is 503 g/mol. The Bertz CT molecular complexity index is 1110. The number of rotatable bonds is 11. The molecule has 0 N–H and O–H groups in total. The van der Waals surface area contributed by atoms with E-state index in [1.54, 1.807) is 6.07 Å². The Morgan fingerprint density at radius 3 is 2.33 bits per heavy atom. The normalized spacial score (nSPS) is 24.4. The smallest absolute Gasteiger partial charge is 0.306 e. The van der Waals surface area contributed by atoms with E-state index in [1.807, 2.05) is 13.8 Å². The second kappa shape index (κ2) is 9.16. The molecule has 0 aromatic heterocycles. The van der Waals surface area contributed by atoms with Crippen molar-refractivity contribution in [1.29, 1.82) is 0 Å². The lowest BCUT2D eigenvalue weighted by Gasteiger charge is -2.37. The van der Waals surface area contributed by atoms with Gasteiger partial charge in [0.05, 0.1) is 25.7 Å². The van der Waals surface area contributed by atoms with Gasteiger partial charge in [-0.25, -0.2) is 8.42 Å². The molecule has 2 atom stereocenters. The van der Waals surface area contributed by atoms with Crippen LogP contribution >= 0.6 is 0 Å². The van der Waals surface area contributed by atoms with Crippen molar-refractivity contribution in [2.75, 3.05) is 39.4 Å². The molecule has 2 bridgehead atoms. The molecule has 2 saturated carbocycles. The van der Waals surface area contributed by atoms with Crippen molar-refractivity contribution in [3.63, 3.8) is 0 Å². The lowest BCUT2D eigenvalue weighted by molar-refractivity contribution is -0.128. The summed E-state index contributed by atoms with van der Waals surface area (Å²) >= 11 is 0. The summed E-state index contributed by atoms with van der Waals surface area (Å²) in [7, 11) is -4.79. The molecule has 0 saturated heterocycles. The molecule has 2 unspecified atom stereocenters. The van der Waals surface area contributed by atoms with Gasteiger partial charge < -0.3 is 13.7 Å². The fourth-order valence-electron chi connectivity index (χ4n) is 5.27. The zero-order valence-electron chi connectivity index (χ0n) is 19.8. The minimum atomic E-state index is -3.85. The molecule has 2 fully saturated rings. The van der Waals surface area contributed by atoms with Crippen molar-refractivity contribution >= 4 is 25.9 Å². The highest BCUT2D eigenvalue weighted by molar-refractivity contribution is 7.89. The van der Waals surface area contributed by atoms with Crippen molar-refractivity contribution in [2.45, 2.75) is 39.7 Å². The third kappa shape index (κ3) is 5.06. The fourth-order valence-corrected chi connectivity index (χ4v) is 7.91. The number of benzene rings is 1. The molecule has 1 aromatic carbocycles. The van der Waals surface area contributed by atoms with E-state index in [2.05, 4.69) is 0 Å². The molecule has 0 amide bonds. The van der Waals surface area contributed by atoms with Crippen LogP contribution in [0, 0.1) is 16.7 Å². The van der Waals surface area contributed by atoms with Gasteiger partial charge in [0.15, 0.2) is 11.5 Å². The summed E-state index contributed by atoms with van der Waals surface area (Å²) in [5.74, 6) is 0.197. The molecular weight excluding hydrogens is 470 g/mol. The average Bonchev–Trinajstić information content (AvgIpc) is 3.04. The molecule has 11 heteroatoms. The largest absolute Gasteiger partial charge is 0.493 e. The number of hydrogen-bond acceptors (Lipinski definition) is 8. The van der Waals surface area contributed by atoms with Gasteiger partial charge in [0.1, 0.15) is 5.78 Å². The van der Waals surface area contributed by atoms with Crippen LogP contribution in [0.25, 0.3) is 0 Å². The lowest BCUT2D eigenvalue weighted by atomic mass is 9.70. The topological polar surface area (TPSA) is 116 Å². The highest BCUT2D eigenvalue weighted by atomic mass is 32.2. The SMILES string of the molecule is COCCN(Cc1ccc(OC)c(OS(C)(=O)=O)c1)S(=O)(=O)CC12CCC(CC1=O)C2(C)C. The van der Waals surface area contributed by atoms with Crippen molar-refractivity contribution in [3.8, 4) is 11.5 Å². The Hall–Kier alpha value is -1.69. The third-order valence-corrected chi connectivity index (χ3v) is 9.77. The second-order valence-electron chi connectivity index (χ2n) is 9.52. The van der Waals surface area contributed by atoms with Gasteiger partial charge in [0.25, 0.3) is 0 Å². The predicted octanol–water partition coefficient (Wildman–Crippen LogP) is 2.21. The molecule has 9 nitrogen and oxygen atoms in total. The Balaban J connectivity index is 1.91. The molecule has 2 aliphatic rings. The van der Waals surface area contributed by atoms with E-state index in [0.29, 0.717) is 18.4 Å². The number of nitrogens with zero attached hydrogens (tertiary/aromatic N) is 1. The predicted molar refractivity (Wildman–Crippen MR) is 123 cm³/mol. The van der Waals surface area contributed by atoms with E-state index in [1.165, 1.54) is 30.7 Å². The van der Waals surface area contributed by atoms with E-state index >= 15 is 0 Å². The van der Waals surface area contributed by atoms with Gasteiger partial charge in [-0.2, -0.15) is 12.7 Å². The molecule has 186 valence electrons. The number of hydrogen-bond donors (Lipinski definition) is 0. The van der Waals surface area contributed by atoms with Crippen LogP contribution in [0.1, 0.15) is 38.7 Å². The summed E-state index contributed by atoms with van der Waals surface area (Å²) in [6.07, 6.45) is 2.79. The van der Waals surface area contributed by atoms with Gasteiger partial charge in [-0.05, 0) is 41.9 Å². The number of Topliss-reactive ketones (excluding diaryl/α,β-unsaturated/α-hetero) is 1. The summed E-state index contributed by atoms with van der Waals surface area (Å²) in [6, 6.07) is 4.63. The summed E-state index contributed by atoms with van der Waals surface area (Å²) in [5.41, 5.74) is -0.736. The second-order valence-corrected chi connectivity index (χ2v) is 13.1. The van der Waals surface area contributed by atoms with Crippen molar-refractivity contribution in [3.05, 3.63) is 23.8 Å². The van der Waals surface area contributed by atoms with Crippen LogP contribution in [0.5, 0.6) is 11.5 Å². The van der Waals surface area contributed by atoms with Gasteiger partial charge in [-0.15, -0.1) is 0 Å². The van der Waals surface area contributed by atoms with Crippen molar-refractivity contribution in [1.82, 2.24) is 4.31 Å². The lowest BCUT2D eigenvalue weighted by Crippen LogP contribution is -2.47. The average molecular weight is 504 g/mol. The summed E-state index contributed by atoms with van der Waals surface area (Å²) < 4.78 is 67.1. The number of methoxy groups -OCH3 is 2. The standard InChI is InChI=1S/C22H33NO8S2/c1-21(2)17-8-9-22(21,20(24)13-17)15-33(27,28)23(10-11-29-3)14-16-6-7-18(30-4)19(12-16)31-32(5,25)26/h6-7,12,17H,8-11,13-15H2,1-5H3. The molecule has 0 radical (unpaired) electrons. The molecule has 3 rings (SSSR count). The number of ketones is 1. The van der Waals surface area contributed by atoms with Crippen LogP contribution in [0.2, 0.25) is 0 Å². The molecule has 33 heavy (non-hydrogen) atoms. The van der Waals surface area contributed by atoms with Gasteiger partial charge in [-0.3, -0.25) is 4.79 Å². The first-order valence-electron chi connectivity index (χ1n) is 10.8.